The number of amides is 2. The zero-order valence-electron chi connectivity index (χ0n) is 18.5. The van der Waals surface area contributed by atoms with Crippen molar-refractivity contribution >= 4 is 6.03 Å². The lowest BCUT2D eigenvalue weighted by molar-refractivity contribution is 0.0201. The van der Waals surface area contributed by atoms with Gasteiger partial charge in [0.05, 0.1) is 17.7 Å². The van der Waals surface area contributed by atoms with Gasteiger partial charge in [-0.1, -0.05) is 30.3 Å². The van der Waals surface area contributed by atoms with Crippen LogP contribution in [0.1, 0.15) is 57.9 Å². The average Bonchev–Trinajstić information content (AvgIpc) is 3.45. The van der Waals surface area contributed by atoms with Crippen molar-refractivity contribution in [3.8, 4) is 0 Å². The SMILES string of the molecule is CN(C)[C@]1(c2ccccc2)CC[C@@]2(CC1)CN(CC(C)(C)O)C(=O)N2CC1CC1. The van der Waals surface area contributed by atoms with Crippen LogP contribution >= 0.6 is 0 Å². The Kier molecular flexibility index (Phi) is 5.19. The van der Waals surface area contributed by atoms with Crippen LogP contribution in [0.25, 0.3) is 0 Å². The molecule has 1 N–H and O–H groups in total. The molecule has 2 aliphatic carbocycles. The summed E-state index contributed by atoms with van der Waals surface area (Å²) in [5.74, 6) is 0.674. The molecule has 1 saturated heterocycles. The van der Waals surface area contributed by atoms with E-state index in [-0.39, 0.29) is 17.1 Å². The number of rotatable bonds is 6. The van der Waals surface area contributed by atoms with Crippen molar-refractivity contribution in [1.29, 1.82) is 0 Å². The van der Waals surface area contributed by atoms with Crippen LogP contribution < -0.4 is 0 Å². The maximum atomic E-state index is 13.3. The van der Waals surface area contributed by atoms with Gasteiger partial charge in [-0.05, 0) is 77.9 Å². The number of hydrogen-bond acceptors (Lipinski definition) is 3. The fourth-order valence-electron chi connectivity index (χ4n) is 5.60. The summed E-state index contributed by atoms with van der Waals surface area (Å²) in [6, 6.07) is 11.0. The van der Waals surface area contributed by atoms with Crippen molar-refractivity contribution in [3.05, 3.63) is 35.9 Å². The van der Waals surface area contributed by atoms with Crippen LogP contribution in [0.4, 0.5) is 4.79 Å². The van der Waals surface area contributed by atoms with Crippen molar-refractivity contribution < 1.29 is 9.90 Å². The lowest BCUT2D eigenvalue weighted by Gasteiger charge is -2.51. The van der Waals surface area contributed by atoms with E-state index in [1.54, 1.807) is 13.8 Å². The molecule has 3 fully saturated rings. The second-order valence-corrected chi connectivity index (χ2v) is 10.5. The first kappa shape index (κ1) is 20.7. The van der Waals surface area contributed by atoms with Crippen LogP contribution in [-0.4, -0.2) is 70.7 Å². The highest BCUT2D eigenvalue weighted by Gasteiger charge is 2.55. The van der Waals surface area contributed by atoms with Crippen molar-refractivity contribution in [3.63, 3.8) is 0 Å². The number of hydrogen-bond donors (Lipinski definition) is 1. The summed E-state index contributed by atoms with van der Waals surface area (Å²) >= 11 is 0. The number of nitrogens with zero attached hydrogens (tertiary/aromatic N) is 3. The third-order valence-electron chi connectivity index (χ3n) is 7.45. The summed E-state index contributed by atoms with van der Waals surface area (Å²) < 4.78 is 0. The van der Waals surface area contributed by atoms with Gasteiger partial charge in [0.2, 0.25) is 0 Å². The predicted octanol–water partition coefficient (Wildman–Crippen LogP) is 3.67. The first-order valence-corrected chi connectivity index (χ1v) is 11.2. The summed E-state index contributed by atoms with van der Waals surface area (Å²) in [4.78, 5) is 19.8. The molecule has 2 amide bonds. The molecular weight excluding hydrogens is 362 g/mol. The molecule has 0 atom stereocenters. The second kappa shape index (κ2) is 7.28. The third-order valence-corrected chi connectivity index (χ3v) is 7.45. The number of urea groups is 1. The van der Waals surface area contributed by atoms with Gasteiger partial charge in [0.15, 0.2) is 0 Å². The minimum absolute atomic E-state index is 0.0322. The van der Waals surface area contributed by atoms with E-state index in [2.05, 4.69) is 54.2 Å². The summed E-state index contributed by atoms with van der Waals surface area (Å²) in [6.07, 6.45) is 6.62. The monoisotopic (exact) mass is 399 g/mol. The Hall–Kier alpha value is -1.59. The van der Waals surface area contributed by atoms with Gasteiger partial charge in [0.25, 0.3) is 0 Å². The van der Waals surface area contributed by atoms with Gasteiger partial charge < -0.3 is 14.9 Å². The summed E-state index contributed by atoms with van der Waals surface area (Å²) in [7, 11) is 4.38. The Labute approximate surface area is 175 Å². The molecule has 1 aromatic carbocycles. The fourth-order valence-corrected chi connectivity index (χ4v) is 5.60. The van der Waals surface area contributed by atoms with E-state index in [1.807, 2.05) is 4.90 Å². The van der Waals surface area contributed by atoms with Gasteiger partial charge in [-0.25, -0.2) is 4.79 Å². The first-order chi connectivity index (χ1) is 13.7. The third kappa shape index (κ3) is 3.91. The average molecular weight is 400 g/mol. The smallest absolute Gasteiger partial charge is 0.320 e. The maximum Gasteiger partial charge on any atom is 0.320 e. The Morgan fingerprint density at radius 3 is 2.24 bits per heavy atom. The highest BCUT2D eigenvalue weighted by Crippen LogP contribution is 2.50. The van der Waals surface area contributed by atoms with Crippen LogP contribution in [0.5, 0.6) is 0 Å². The lowest BCUT2D eigenvalue weighted by Crippen LogP contribution is -2.55. The number of β-amino-alcohol motifs (C(OH)–C–C–N with tert-alkyl or cyclic N) is 1. The summed E-state index contributed by atoms with van der Waals surface area (Å²) in [6.45, 7) is 5.64. The number of carbonyl (C=O) groups excluding carboxylic acids is 1. The normalized spacial score (nSPS) is 30.6. The molecule has 1 spiro atoms. The van der Waals surface area contributed by atoms with E-state index in [4.69, 9.17) is 0 Å². The van der Waals surface area contributed by atoms with Crippen molar-refractivity contribution in [1.82, 2.24) is 14.7 Å². The summed E-state index contributed by atoms with van der Waals surface area (Å²) in [5.41, 5.74) is 0.466. The molecule has 0 radical (unpaired) electrons. The quantitative estimate of drug-likeness (QED) is 0.794. The van der Waals surface area contributed by atoms with Crippen LogP contribution in [-0.2, 0) is 5.54 Å². The van der Waals surface area contributed by atoms with Crippen LogP contribution in [0.3, 0.4) is 0 Å². The Bertz CT molecular complexity index is 728. The topological polar surface area (TPSA) is 47.0 Å². The van der Waals surface area contributed by atoms with Crippen LogP contribution in [0.2, 0.25) is 0 Å². The van der Waals surface area contributed by atoms with Crippen LogP contribution in [0, 0.1) is 5.92 Å². The standard InChI is InChI=1S/C24H37N3O2/c1-22(2,29)17-26-18-23(27(21(26)28)16-19-10-11-19)12-14-24(15-13-23,25(3)4)20-8-6-5-7-9-20/h5-9,19,29H,10-18H2,1-4H3/t23-,24-. The molecule has 1 heterocycles. The Balaban J connectivity index is 1.59. The van der Waals surface area contributed by atoms with E-state index in [1.165, 1.54) is 18.4 Å². The van der Waals surface area contributed by atoms with Crippen molar-refractivity contribution in [2.75, 3.05) is 33.7 Å². The molecule has 3 aliphatic rings. The zero-order valence-corrected chi connectivity index (χ0v) is 18.5. The van der Waals surface area contributed by atoms with Gasteiger partial charge in [0.1, 0.15) is 0 Å². The maximum absolute atomic E-state index is 13.3. The Morgan fingerprint density at radius 1 is 1.10 bits per heavy atom. The van der Waals surface area contributed by atoms with Gasteiger partial charge >= 0.3 is 6.03 Å². The Morgan fingerprint density at radius 2 is 1.72 bits per heavy atom. The van der Waals surface area contributed by atoms with E-state index in [9.17, 15) is 9.90 Å². The van der Waals surface area contributed by atoms with E-state index in [0.717, 1.165) is 38.8 Å². The zero-order chi connectivity index (χ0) is 20.9. The van der Waals surface area contributed by atoms with Gasteiger partial charge in [-0.2, -0.15) is 0 Å². The molecule has 160 valence electrons. The molecule has 1 aliphatic heterocycles. The minimum atomic E-state index is -0.863. The highest BCUT2D eigenvalue weighted by atomic mass is 16.3. The van der Waals surface area contributed by atoms with Crippen molar-refractivity contribution in [2.45, 2.75) is 69.1 Å². The van der Waals surface area contributed by atoms with Crippen LogP contribution in [0.15, 0.2) is 30.3 Å². The number of aliphatic hydroxyl groups is 1. The van der Waals surface area contributed by atoms with E-state index < -0.39 is 5.60 Å². The van der Waals surface area contributed by atoms with Gasteiger partial charge in [-0.15, -0.1) is 0 Å². The predicted molar refractivity (Wildman–Crippen MR) is 116 cm³/mol. The molecular formula is C24H37N3O2. The van der Waals surface area contributed by atoms with Crippen molar-refractivity contribution in [2.24, 2.45) is 5.92 Å². The molecule has 0 bridgehead atoms. The minimum Gasteiger partial charge on any atom is -0.389 e. The molecule has 29 heavy (non-hydrogen) atoms. The van der Waals surface area contributed by atoms with E-state index >= 15 is 0 Å². The molecule has 1 aromatic rings. The van der Waals surface area contributed by atoms with Gasteiger partial charge in [0, 0.05) is 18.6 Å². The molecule has 0 aromatic heterocycles. The molecule has 0 unspecified atom stereocenters. The summed E-state index contributed by atoms with van der Waals surface area (Å²) in [5, 5.41) is 10.3. The fraction of sp³-hybridized carbons (Fsp3) is 0.708. The molecule has 2 saturated carbocycles. The largest absolute Gasteiger partial charge is 0.389 e. The highest BCUT2D eigenvalue weighted by molar-refractivity contribution is 5.78. The first-order valence-electron chi connectivity index (χ1n) is 11.2. The number of benzene rings is 1. The molecule has 4 rings (SSSR count). The second-order valence-electron chi connectivity index (χ2n) is 10.5. The van der Waals surface area contributed by atoms with E-state index in [0.29, 0.717) is 12.5 Å². The number of carbonyl (C=O) groups is 1. The molecule has 5 heteroatoms. The molecule has 5 nitrogen and oxygen atoms in total. The lowest BCUT2D eigenvalue weighted by atomic mass is 9.68. The van der Waals surface area contributed by atoms with Gasteiger partial charge in [-0.3, -0.25) is 4.90 Å².